The summed E-state index contributed by atoms with van der Waals surface area (Å²) in [6, 6.07) is 9.41. The maximum absolute atomic E-state index is 13.1. The molecule has 1 aliphatic rings. The van der Waals surface area contributed by atoms with Gasteiger partial charge in [0.05, 0.1) is 12.5 Å². The van der Waals surface area contributed by atoms with Crippen LogP contribution in [0.25, 0.3) is 23.0 Å². The first-order valence-electron chi connectivity index (χ1n) is 10.2. The third-order valence-electron chi connectivity index (χ3n) is 5.35. The highest BCUT2D eigenvalue weighted by Crippen LogP contribution is 2.24. The Kier molecular flexibility index (Phi) is 6.11. The van der Waals surface area contributed by atoms with Gasteiger partial charge in [-0.05, 0) is 56.2 Å². The summed E-state index contributed by atoms with van der Waals surface area (Å²) in [5, 5.41) is 3.96. The van der Waals surface area contributed by atoms with Crippen molar-refractivity contribution < 1.29 is 23.2 Å². The zero-order valence-corrected chi connectivity index (χ0v) is 17.2. The Hall–Kier alpha value is -3.49. The molecule has 31 heavy (non-hydrogen) atoms. The Labute approximate surface area is 178 Å². The molecule has 0 saturated carbocycles. The Balaban J connectivity index is 1.41. The van der Waals surface area contributed by atoms with Crippen LogP contribution < -0.4 is 0 Å². The molecule has 0 aliphatic carbocycles. The van der Waals surface area contributed by atoms with Crippen molar-refractivity contribution in [3.63, 3.8) is 0 Å². The number of piperidine rings is 1. The summed E-state index contributed by atoms with van der Waals surface area (Å²) in [5.41, 5.74) is 1.26. The van der Waals surface area contributed by atoms with E-state index in [0.29, 0.717) is 49.6 Å². The monoisotopic (exact) mass is 426 g/mol. The number of likely N-dealkylation sites (tertiary alicyclic amines) is 1. The molecule has 8 nitrogen and oxygen atoms in total. The van der Waals surface area contributed by atoms with Crippen LogP contribution in [-0.2, 0) is 20.9 Å². The van der Waals surface area contributed by atoms with Crippen LogP contribution in [0.3, 0.4) is 0 Å². The molecule has 0 unspecified atom stereocenters. The summed E-state index contributed by atoms with van der Waals surface area (Å²) >= 11 is 0. The van der Waals surface area contributed by atoms with E-state index < -0.39 is 0 Å². The molecule has 0 bridgehead atoms. The van der Waals surface area contributed by atoms with Crippen molar-refractivity contribution in [1.29, 1.82) is 0 Å². The van der Waals surface area contributed by atoms with Gasteiger partial charge in [0, 0.05) is 24.8 Å². The highest BCUT2D eigenvalue weighted by molar-refractivity contribution is 5.78. The largest absolute Gasteiger partial charge is 0.466 e. The van der Waals surface area contributed by atoms with Gasteiger partial charge in [-0.25, -0.2) is 4.39 Å². The van der Waals surface area contributed by atoms with Gasteiger partial charge >= 0.3 is 5.97 Å². The van der Waals surface area contributed by atoms with Crippen LogP contribution >= 0.6 is 0 Å². The second kappa shape index (κ2) is 9.11. The van der Waals surface area contributed by atoms with E-state index >= 15 is 0 Å². The van der Waals surface area contributed by atoms with Crippen molar-refractivity contribution in [2.75, 3.05) is 19.7 Å². The lowest BCUT2D eigenvalue weighted by molar-refractivity contribution is -0.151. The Bertz CT molecular complexity index is 1050. The topological polar surface area (TPSA) is 90.5 Å². The highest BCUT2D eigenvalue weighted by Gasteiger charge is 2.28. The fourth-order valence-corrected chi connectivity index (χ4v) is 3.66. The molecule has 3 aromatic rings. The molecule has 0 spiro atoms. The average molecular weight is 426 g/mol. The molecule has 1 fully saturated rings. The lowest BCUT2D eigenvalue weighted by Crippen LogP contribution is -2.42. The van der Waals surface area contributed by atoms with Gasteiger partial charge in [0.1, 0.15) is 18.1 Å². The molecule has 9 heteroatoms. The normalized spacial score (nSPS) is 14.6. The third kappa shape index (κ3) is 4.65. The minimum absolute atomic E-state index is 0.0435. The number of nitrogens with zero attached hydrogens (tertiary/aromatic N) is 4. The summed E-state index contributed by atoms with van der Waals surface area (Å²) in [7, 11) is 0. The Morgan fingerprint density at radius 1 is 1.19 bits per heavy atom. The Morgan fingerprint density at radius 3 is 2.65 bits per heavy atom. The van der Waals surface area contributed by atoms with Gasteiger partial charge < -0.3 is 18.7 Å². The maximum atomic E-state index is 13.1. The van der Waals surface area contributed by atoms with E-state index in [-0.39, 0.29) is 36.0 Å². The quantitative estimate of drug-likeness (QED) is 0.563. The van der Waals surface area contributed by atoms with Crippen molar-refractivity contribution in [1.82, 2.24) is 19.6 Å². The fourth-order valence-electron chi connectivity index (χ4n) is 3.66. The van der Waals surface area contributed by atoms with Crippen LogP contribution in [0.1, 0.15) is 19.8 Å². The molecule has 0 N–H and O–H groups in total. The van der Waals surface area contributed by atoms with E-state index in [4.69, 9.17) is 9.26 Å². The van der Waals surface area contributed by atoms with Crippen LogP contribution in [0.2, 0.25) is 0 Å². The van der Waals surface area contributed by atoms with Gasteiger partial charge in [0.25, 0.3) is 5.89 Å². The molecule has 1 aliphatic heterocycles. The number of aromatic nitrogens is 3. The summed E-state index contributed by atoms with van der Waals surface area (Å²) < 4.78 is 25.3. The van der Waals surface area contributed by atoms with Gasteiger partial charge in [-0.15, -0.1) is 0 Å². The SMILES string of the molecule is CCOC(=O)C1CCN(C(=O)Cn2cccc2-c2nc(-c3ccc(F)cc3)no2)CC1. The summed E-state index contributed by atoms with van der Waals surface area (Å²) in [6.07, 6.45) is 2.99. The fraction of sp³-hybridized carbons (Fsp3) is 0.364. The number of amides is 1. The van der Waals surface area contributed by atoms with E-state index in [2.05, 4.69) is 10.1 Å². The van der Waals surface area contributed by atoms with Crippen LogP contribution in [0, 0.1) is 11.7 Å². The van der Waals surface area contributed by atoms with E-state index in [1.807, 2.05) is 0 Å². The molecule has 1 aromatic carbocycles. The van der Waals surface area contributed by atoms with Crippen molar-refractivity contribution in [2.45, 2.75) is 26.3 Å². The predicted octanol–water partition coefficient (Wildman–Crippen LogP) is 3.15. The van der Waals surface area contributed by atoms with Gasteiger partial charge in [-0.2, -0.15) is 4.98 Å². The first-order valence-corrected chi connectivity index (χ1v) is 10.2. The molecule has 0 atom stereocenters. The van der Waals surface area contributed by atoms with Crippen LogP contribution in [0.5, 0.6) is 0 Å². The molecule has 1 saturated heterocycles. The standard InChI is InChI=1S/C22H23FN4O4/c1-2-30-22(29)16-9-12-26(13-10-16)19(28)14-27-11-3-4-18(27)21-24-20(25-31-21)15-5-7-17(23)8-6-15/h3-8,11,16H,2,9-10,12-14H2,1H3. The molecular formula is C22H23FN4O4. The molecular weight excluding hydrogens is 403 g/mol. The van der Waals surface area contributed by atoms with Gasteiger partial charge in [0.15, 0.2) is 0 Å². The summed E-state index contributed by atoms with van der Waals surface area (Å²) in [6.45, 7) is 3.33. The second-order valence-electron chi connectivity index (χ2n) is 7.36. The summed E-state index contributed by atoms with van der Waals surface area (Å²) in [5.74, 6) is -0.0949. The van der Waals surface area contributed by atoms with Crippen LogP contribution in [-0.4, -0.2) is 51.2 Å². The first-order chi connectivity index (χ1) is 15.0. The minimum Gasteiger partial charge on any atom is -0.466 e. The second-order valence-corrected chi connectivity index (χ2v) is 7.36. The number of ether oxygens (including phenoxy) is 1. The minimum atomic E-state index is -0.342. The van der Waals surface area contributed by atoms with Crippen molar-refractivity contribution in [3.8, 4) is 23.0 Å². The van der Waals surface area contributed by atoms with E-state index in [1.54, 1.807) is 46.9 Å². The molecule has 162 valence electrons. The number of halogens is 1. The third-order valence-corrected chi connectivity index (χ3v) is 5.35. The van der Waals surface area contributed by atoms with E-state index in [0.717, 1.165) is 0 Å². The predicted molar refractivity (Wildman–Crippen MR) is 109 cm³/mol. The zero-order valence-electron chi connectivity index (χ0n) is 17.2. The molecule has 3 heterocycles. The maximum Gasteiger partial charge on any atom is 0.309 e. The van der Waals surface area contributed by atoms with Crippen molar-refractivity contribution >= 4 is 11.9 Å². The number of esters is 1. The average Bonchev–Trinajstić information content (AvgIpc) is 3.44. The highest BCUT2D eigenvalue weighted by atomic mass is 19.1. The van der Waals surface area contributed by atoms with Crippen LogP contribution in [0.4, 0.5) is 4.39 Å². The number of carbonyl (C=O) groups is 2. The van der Waals surface area contributed by atoms with E-state index in [9.17, 15) is 14.0 Å². The number of carbonyl (C=O) groups excluding carboxylic acids is 2. The van der Waals surface area contributed by atoms with Crippen molar-refractivity contribution in [2.24, 2.45) is 5.92 Å². The lowest BCUT2D eigenvalue weighted by atomic mass is 9.97. The molecule has 4 rings (SSSR count). The van der Waals surface area contributed by atoms with Gasteiger partial charge in [-0.3, -0.25) is 9.59 Å². The first kappa shape index (κ1) is 20.8. The number of hydrogen-bond donors (Lipinski definition) is 0. The zero-order chi connectivity index (χ0) is 21.8. The molecule has 0 radical (unpaired) electrons. The molecule has 2 aromatic heterocycles. The van der Waals surface area contributed by atoms with Gasteiger partial charge in [0.2, 0.25) is 11.7 Å². The Morgan fingerprint density at radius 2 is 1.94 bits per heavy atom. The smallest absolute Gasteiger partial charge is 0.309 e. The van der Waals surface area contributed by atoms with Gasteiger partial charge in [-0.1, -0.05) is 5.16 Å². The molecule has 1 amide bonds. The van der Waals surface area contributed by atoms with E-state index in [1.165, 1.54) is 12.1 Å². The lowest BCUT2D eigenvalue weighted by Gasteiger charge is -2.31. The summed E-state index contributed by atoms with van der Waals surface area (Å²) in [4.78, 5) is 30.8. The van der Waals surface area contributed by atoms with Crippen LogP contribution in [0.15, 0.2) is 47.1 Å². The number of hydrogen-bond acceptors (Lipinski definition) is 6. The van der Waals surface area contributed by atoms with Crippen molar-refractivity contribution in [3.05, 3.63) is 48.4 Å². The number of rotatable bonds is 6. The number of benzene rings is 1.